The molecule has 0 atom stereocenters. The number of urea groups is 1. The SMILES string of the molecule is CNC(=O)CN1CC2(CCC(c3ccccc3)(N(C)C)CC2)N(CC2(O)CCC2)C1=O. The first-order chi connectivity index (χ1) is 14.7. The van der Waals surface area contributed by atoms with Crippen molar-refractivity contribution < 1.29 is 14.7 Å². The number of carbonyl (C=O) groups excluding carboxylic acids is 2. The molecule has 2 saturated carbocycles. The van der Waals surface area contributed by atoms with Crippen molar-refractivity contribution in [3.8, 4) is 0 Å². The van der Waals surface area contributed by atoms with Crippen LogP contribution in [0.4, 0.5) is 4.79 Å². The predicted molar refractivity (Wildman–Crippen MR) is 120 cm³/mol. The zero-order valence-corrected chi connectivity index (χ0v) is 19.1. The topological polar surface area (TPSA) is 76.1 Å². The third kappa shape index (κ3) is 3.82. The summed E-state index contributed by atoms with van der Waals surface area (Å²) in [5.74, 6) is -0.157. The highest BCUT2D eigenvalue weighted by atomic mass is 16.3. The Bertz CT molecular complexity index is 813. The number of likely N-dealkylation sites (N-methyl/N-ethyl adjacent to an activating group) is 1. The van der Waals surface area contributed by atoms with Crippen LogP contribution in [0.3, 0.4) is 0 Å². The lowest BCUT2D eigenvalue weighted by atomic mass is 9.67. The Morgan fingerprint density at radius 3 is 2.26 bits per heavy atom. The average Bonchev–Trinajstić information content (AvgIpc) is 2.99. The summed E-state index contributed by atoms with van der Waals surface area (Å²) in [5, 5.41) is 13.5. The minimum Gasteiger partial charge on any atom is -0.388 e. The molecule has 0 radical (unpaired) electrons. The van der Waals surface area contributed by atoms with Crippen molar-refractivity contribution in [2.75, 3.05) is 40.8 Å². The Hall–Kier alpha value is -2.12. The Morgan fingerprint density at radius 1 is 1.10 bits per heavy atom. The normalized spacial score (nSPS) is 30.0. The van der Waals surface area contributed by atoms with Gasteiger partial charge < -0.3 is 20.2 Å². The van der Waals surface area contributed by atoms with E-state index in [9.17, 15) is 14.7 Å². The molecule has 7 heteroatoms. The monoisotopic (exact) mass is 428 g/mol. The second-order valence-electron chi connectivity index (χ2n) is 9.99. The van der Waals surface area contributed by atoms with E-state index < -0.39 is 5.60 Å². The molecule has 170 valence electrons. The van der Waals surface area contributed by atoms with Crippen molar-refractivity contribution in [1.82, 2.24) is 20.0 Å². The first-order valence-corrected chi connectivity index (χ1v) is 11.5. The summed E-state index contributed by atoms with van der Waals surface area (Å²) in [5.41, 5.74) is 0.139. The highest BCUT2D eigenvalue weighted by molar-refractivity contribution is 5.85. The molecule has 31 heavy (non-hydrogen) atoms. The van der Waals surface area contributed by atoms with Crippen LogP contribution >= 0.6 is 0 Å². The molecule has 0 aromatic heterocycles. The first-order valence-electron chi connectivity index (χ1n) is 11.5. The summed E-state index contributed by atoms with van der Waals surface area (Å²) in [6.45, 7) is 0.994. The minimum atomic E-state index is -0.777. The number of amides is 3. The van der Waals surface area contributed by atoms with Gasteiger partial charge in [-0.05, 0) is 64.6 Å². The first kappa shape index (κ1) is 22.1. The quantitative estimate of drug-likeness (QED) is 0.728. The lowest BCUT2D eigenvalue weighted by Crippen LogP contribution is -2.59. The number of benzene rings is 1. The number of aliphatic hydroxyl groups is 1. The third-order valence-electron chi connectivity index (χ3n) is 8.08. The summed E-state index contributed by atoms with van der Waals surface area (Å²) < 4.78 is 0. The van der Waals surface area contributed by atoms with E-state index in [0.717, 1.165) is 44.9 Å². The molecule has 3 fully saturated rings. The van der Waals surface area contributed by atoms with Gasteiger partial charge in [0, 0.05) is 19.1 Å². The van der Waals surface area contributed by atoms with Crippen molar-refractivity contribution in [3.05, 3.63) is 35.9 Å². The molecular formula is C24H36N4O3. The number of nitrogens with zero attached hydrogens (tertiary/aromatic N) is 3. The van der Waals surface area contributed by atoms with Gasteiger partial charge in [0.05, 0.1) is 17.7 Å². The summed E-state index contributed by atoms with van der Waals surface area (Å²) in [6, 6.07) is 10.5. The van der Waals surface area contributed by atoms with Gasteiger partial charge in [-0.25, -0.2) is 4.79 Å². The van der Waals surface area contributed by atoms with Gasteiger partial charge in [-0.3, -0.25) is 9.69 Å². The maximum absolute atomic E-state index is 13.4. The zero-order chi connectivity index (χ0) is 22.3. The highest BCUT2D eigenvalue weighted by Gasteiger charge is 2.56. The van der Waals surface area contributed by atoms with E-state index in [-0.39, 0.29) is 29.6 Å². The molecule has 1 heterocycles. The molecule has 4 rings (SSSR count). The van der Waals surface area contributed by atoms with Gasteiger partial charge in [-0.15, -0.1) is 0 Å². The molecule has 2 aliphatic carbocycles. The van der Waals surface area contributed by atoms with Crippen molar-refractivity contribution in [2.24, 2.45) is 0 Å². The summed E-state index contributed by atoms with van der Waals surface area (Å²) in [6.07, 6.45) is 6.06. The number of nitrogens with one attached hydrogen (secondary N) is 1. The molecule has 0 unspecified atom stereocenters. The average molecular weight is 429 g/mol. The van der Waals surface area contributed by atoms with Crippen LogP contribution in [-0.2, 0) is 10.3 Å². The molecular weight excluding hydrogens is 392 g/mol. The Balaban J connectivity index is 1.60. The predicted octanol–water partition coefficient (Wildman–Crippen LogP) is 2.15. The van der Waals surface area contributed by atoms with Crippen LogP contribution in [0.2, 0.25) is 0 Å². The van der Waals surface area contributed by atoms with Crippen LogP contribution in [0.1, 0.15) is 50.5 Å². The van der Waals surface area contributed by atoms with E-state index in [1.807, 2.05) is 11.0 Å². The smallest absolute Gasteiger partial charge is 0.321 e. The summed E-state index contributed by atoms with van der Waals surface area (Å²) in [7, 11) is 5.87. The molecule has 0 bridgehead atoms. The van der Waals surface area contributed by atoms with E-state index in [2.05, 4.69) is 48.6 Å². The number of hydrogen-bond donors (Lipinski definition) is 2. The van der Waals surface area contributed by atoms with Crippen LogP contribution in [0.25, 0.3) is 0 Å². The van der Waals surface area contributed by atoms with E-state index in [1.165, 1.54) is 5.56 Å². The molecule has 1 aliphatic heterocycles. The van der Waals surface area contributed by atoms with Crippen LogP contribution in [-0.4, -0.2) is 83.7 Å². The Morgan fingerprint density at radius 2 is 1.74 bits per heavy atom. The second-order valence-corrected chi connectivity index (χ2v) is 9.99. The van der Waals surface area contributed by atoms with Crippen molar-refractivity contribution >= 4 is 11.9 Å². The fraction of sp³-hybridized carbons (Fsp3) is 0.667. The molecule has 2 N–H and O–H groups in total. The molecule has 3 aliphatic rings. The van der Waals surface area contributed by atoms with Crippen molar-refractivity contribution in [2.45, 2.75) is 61.6 Å². The summed E-state index contributed by atoms with van der Waals surface area (Å²) >= 11 is 0. The van der Waals surface area contributed by atoms with Gasteiger partial charge in [0.15, 0.2) is 0 Å². The zero-order valence-electron chi connectivity index (χ0n) is 19.1. The van der Waals surface area contributed by atoms with Crippen LogP contribution in [0.15, 0.2) is 30.3 Å². The maximum Gasteiger partial charge on any atom is 0.321 e. The van der Waals surface area contributed by atoms with Crippen molar-refractivity contribution in [3.63, 3.8) is 0 Å². The standard InChI is InChI=1S/C24H36N4O3/c1-25-20(29)16-27-17-22(28(21(27)30)18-23(31)10-7-11-23)12-14-24(15-13-22,26(2)3)19-8-5-4-6-9-19/h4-6,8-9,31H,7,10-18H2,1-3H3,(H,25,29). The van der Waals surface area contributed by atoms with E-state index >= 15 is 0 Å². The Labute approximate surface area is 185 Å². The molecule has 1 saturated heterocycles. The fourth-order valence-electron chi connectivity index (χ4n) is 5.83. The minimum absolute atomic E-state index is 0.0667. The molecule has 1 spiro atoms. The van der Waals surface area contributed by atoms with Crippen LogP contribution < -0.4 is 5.32 Å². The summed E-state index contributed by atoms with van der Waals surface area (Å²) in [4.78, 5) is 31.3. The lowest BCUT2D eigenvalue weighted by Gasteiger charge is -2.52. The van der Waals surface area contributed by atoms with Gasteiger partial charge >= 0.3 is 6.03 Å². The largest absolute Gasteiger partial charge is 0.388 e. The van der Waals surface area contributed by atoms with Crippen LogP contribution in [0.5, 0.6) is 0 Å². The van der Waals surface area contributed by atoms with Gasteiger partial charge in [0.2, 0.25) is 5.91 Å². The number of rotatable bonds is 6. The molecule has 7 nitrogen and oxygen atoms in total. The molecule has 1 aromatic carbocycles. The van der Waals surface area contributed by atoms with Gasteiger partial charge in [0.1, 0.15) is 6.54 Å². The fourth-order valence-corrected chi connectivity index (χ4v) is 5.83. The number of carbonyl (C=O) groups is 2. The number of β-amino-alcohol motifs (C(OH)–C–C–N with tert-alkyl or cyclic N) is 1. The molecule has 3 amide bonds. The number of hydrogen-bond acceptors (Lipinski definition) is 4. The molecule has 1 aromatic rings. The maximum atomic E-state index is 13.4. The van der Waals surface area contributed by atoms with Crippen molar-refractivity contribution in [1.29, 1.82) is 0 Å². The van der Waals surface area contributed by atoms with Crippen LogP contribution in [0, 0.1) is 0 Å². The Kier molecular flexibility index (Phi) is 5.77. The lowest BCUT2D eigenvalue weighted by molar-refractivity contribution is -0.121. The van der Waals surface area contributed by atoms with Gasteiger partial charge in [-0.1, -0.05) is 30.3 Å². The highest BCUT2D eigenvalue weighted by Crippen LogP contribution is 2.49. The van der Waals surface area contributed by atoms with E-state index in [0.29, 0.717) is 13.1 Å². The third-order valence-corrected chi connectivity index (χ3v) is 8.08. The van der Waals surface area contributed by atoms with Gasteiger partial charge in [-0.2, -0.15) is 0 Å². The van der Waals surface area contributed by atoms with Gasteiger partial charge in [0.25, 0.3) is 0 Å². The van der Waals surface area contributed by atoms with E-state index in [4.69, 9.17) is 0 Å². The van der Waals surface area contributed by atoms with E-state index in [1.54, 1.807) is 11.9 Å². The second kappa shape index (κ2) is 8.10.